The minimum Gasteiger partial charge on any atom is -0.477 e. The zero-order valence-corrected chi connectivity index (χ0v) is 12.2. The van der Waals surface area contributed by atoms with Gasteiger partial charge in [0.2, 0.25) is 0 Å². The number of hydrogen-bond acceptors (Lipinski definition) is 5. The number of aromatic nitrogens is 2. The minimum absolute atomic E-state index is 0.0607. The molecular formula is C11H8BrN3O4S. The first kappa shape index (κ1) is 14.4. The van der Waals surface area contributed by atoms with E-state index in [2.05, 4.69) is 30.6 Å². The van der Waals surface area contributed by atoms with E-state index in [9.17, 15) is 13.2 Å². The maximum Gasteiger partial charge on any atom is 0.354 e. The van der Waals surface area contributed by atoms with Crippen LogP contribution in [0.4, 0.5) is 5.82 Å². The Labute approximate surface area is 122 Å². The SMILES string of the molecule is O=C(O)c1cccc(NS(=O)(=O)c2cncc(Br)c2)n1. The fourth-order valence-corrected chi connectivity index (χ4v) is 2.85. The van der Waals surface area contributed by atoms with Crippen LogP contribution in [0.3, 0.4) is 0 Å². The van der Waals surface area contributed by atoms with Gasteiger partial charge in [0.05, 0.1) is 0 Å². The quantitative estimate of drug-likeness (QED) is 0.862. The van der Waals surface area contributed by atoms with Crippen molar-refractivity contribution in [3.05, 3.63) is 46.8 Å². The topological polar surface area (TPSA) is 109 Å². The maximum atomic E-state index is 12.1. The summed E-state index contributed by atoms with van der Waals surface area (Å²) in [7, 11) is -3.88. The molecule has 0 fully saturated rings. The predicted octanol–water partition coefficient (Wildman–Crippen LogP) is 1.74. The molecule has 0 bridgehead atoms. The van der Waals surface area contributed by atoms with Crippen molar-refractivity contribution in [3.63, 3.8) is 0 Å². The Morgan fingerprint density at radius 2 is 2.05 bits per heavy atom. The van der Waals surface area contributed by atoms with Crippen LogP contribution in [0, 0.1) is 0 Å². The number of aromatic carboxylic acids is 1. The number of hydrogen-bond donors (Lipinski definition) is 2. The average Bonchev–Trinajstić information content (AvgIpc) is 2.38. The molecule has 0 aliphatic heterocycles. The van der Waals surface area contributed by atoms with E-state index in [0.29, 0.717) is 4.47 Å². The lowest BCUT2D eigenvalue weighted by molar-refractivity contribution is 0.0690. The standard InChI is InChI=1S/C11H8BrN3O4S/c12-7-4-8(6-13-5-7)20(18,19)15-10-3-1-2-9(14-10)11(16)17/h1-6H,(H,14,15)(H,16,17). The van der Waals surface area contributed by atoms with Crippen LogP contribution in [0.15, 0.2) is 46.0 Å². The lowest BCUT2D eigenvalue weighted by Gasteiger charge is -2.07. The van der Waals surface area contributed by atoms with Crippen LogP contribution < -0.4 is 4.72 Å². The summed E-state index contributed by atoms with van der Waals surface area (Å²) in [5.41, 5.74) is -0.252. The van der Waals surface area contributed by atoms with Gasteiger partial charge >= 0.3 is 5.97 Å². The molecule has 20 heavy (non-hydrogen) atoms. The number of anilines is 1. The summed E-state index contributed by atoms with van der Waals surface area (Å²) in [6.07, 6.45) is 2.62. The van der Waals surface area contributed by atoms with Crippen LogP contribution in [-0.2, 0) is 10.0 Å². The van der Waals surface area contributed by atoms with E-state index in [1.807, 2.05) is 0 Å². The Hall–Kier alpha value is -2.00. The van der Waals surface area contributed by atoms with E-state index in [0.717, 1.165) is 0 Å². The molecule has 9 heteroatoms. The highest BCUT2D eigenvalue weighted by atomic mass is 79.9. The lowest BCUT2D eigenvalue weighted by atomic mass is 10.3. The van der Waals surface area contributed by atoms with Crippen molar-refractivity contribution in [2.45, 2.75) is 4.90 Å². The summed E-state index contributed by atoms with van der Waals surface area (Å²) in [5, 5.41) is 8.81. The number of pyridine rings is 2. The third-order valence-electron chi connectivity index (χ3n) is 2.20. The summed E-state index contributed by atoms with van der Waals surface area (Å²) < 4.78 is 26.9. The van der Waals surface area contributed by atoms with Gasteiger partial charge < -0.3 is 5.11 Å². The molecule has 2 heterocycles. The molecule has 0 saturated carbocycles. The van der Waals surface area contributed by atoms with E-state index in [-0.39, 0.29) is 16.4 Å². The van der Waals surface area contributed by atoms with Crippen molar-refractivity contribution in [1.82, 2.24) is 9.97 Å². The van der Waals surface area contributed by atoms with E-state index in [1.54, 1.807) is 0 Å². The number of sulfonamides is 1. The summed E-state index contributed by atoms with van der Waals surface area (Å²) in [6, 6.07) is 5.39. The zero-order chi connectivity index (χ0) is 14.8. The molecule has 2 rings (SSSR count). The Bertz CT molecular complexity index is 764. The molecule has 0 aromatic carbocycles. The Morgan fingerprint density at radius 3 is 2.70 bits per heavy atom. The van der Waals surface area contributed by atoms with Gasteiger partial charge in [-0.25, -0.2) is 18.2 Å². The van der Waals surface area contributed by atoms with Crippen molar-refractivity contribution in [3.8, 4) is 0 Å². The van der Waals surface area contributed by atoms with Crippen molar-refractivity contribution in [2.75, 3.05) is 4.72 Å². The number of nitrogens with zero attached hydrogens (tertiary/aromatic N) is 2. The molecule has 0 amide bonds. The van der Waals surface area contributed by atoms with Crippen LogP contribution in [0.25, 0.3) is 0 Å². The molecule has 0 unspecified atom stereocenters. The van der Waals surface area contributed by atoms with Gasteiger partial charge in [-0.2, -0.15) is 0 Å². The summed E-state index contributed by atoms with van der Waals surface area (Å²) in [5.74, 6) is -1.32. The first-order valence-corrected chi connectivity index (χ1v) is 7.50. The second-order valence-corrected chi connectivity index (χ2v) is 6.26. The Morgan fingerprint density at radius 1 is 1.30 bits per heavy atom. The molecular weight excluding hydrogens is 350 g/mol. The molecule has 7 nitrogen and oxygen atoms in total. The van der Waals surface area contributed by atoms with Crippen LogP contribution in [0.1, 0.15) is 10.5 Å². The van der Waals surface area contributed by atoms with Crippen LogP contribution >= 0.6 is 15.9 Å². The minimum atomic E-state index is -3.88. The van der Waals surface area contributed by atoms with Crippen molar-refractivity contribution >= 4 is 37.7 Å². The molecule has 2 aromatic heterocycles. The Kier molecular flexibility index (Phi) is 4.00. The molecule has 0 saturated heterocycles. The number of carboxylic acids is 1. The summed E-state index contributed by atoms with van der Waals surface area (Å²) in [6.45, 7) is 0. The molecule has 0 radical (unpaired) electrons. The predicted molar refractivity (Wildman–Crippen MR) is 73.9 cm³/mol. The van der Waals surface area contributed by atoms with Crippen LogP contribution in [0.5, 0.6) is 0 Å². The number of rotatable bonds is 4. The van der Waals surface area contributed by atoms with Gasteiger partial charge in [-0.15, -0.1) is 0 Å². The van der Waals surface area contributed by atoms with Gasteiger partial charge in [-0.3, -0.25) is 9.71 Å². The normalized spacial score (nSPS) is 11.1. The van der Waals surface area contributed by atoms with E-state index in [1.165, 1.54) is 36.7 Å². The largest absolute Gasteiger partial charge is 0.477 e. The van der Waals surface area contributed by atoms with E-state index in [4.69, 9.17) is 5.11 Å². The van der Waals surface area contributed by atoms with Crippen molar-refractivity contribution in [2.24, 2.45) is 0 Å². The third kappa shape index (κ3) is 3.31. The fraction of sp³-hybridized carbons (Fsp3) is 0. The molecule has 0 spiro atoms. The van der Waals surface area contributed by atoms with E-state index >= 15 is 0 Å². The fourth-order valence-electron chi connectivity index (χ4n) is 1.35. The van der Waals surface area contributed by atoms with Gasteiger partial charge in [0, 0.05) is 16.9 Å². The van der Waals surface area contributed by atoms with Gasteiger partial charge in [0.25, 0.3) is 10.0 Å². The van der Waals surface area contributed by atoms with E-state index < -0.39 is 16.0 Å². The Balaban J connectivity index is 2.33. The molecule has 0 atom stereocenters. The van der Waals surface area contributed by atoms with Gasteiger partial charge in [-0.1, -0.05) is 6.07 Å². The highest BCUT2D eigenvalue weighted by molar-refractivity contribution is 9.10. The third-order valence-corrected chi connectivity index (χ3v) is 3.95. The summed E-state index contributed by atoms with van der Waals surface area (Å²) in [4.78, 5) is 18.2. The molecule has 0 aliphatic rings. The van der Waals surface area contributed by atoms with Crippen LogP contribution in [0.2, 0.25) is 0 Å². The maximum absolute atomic E-state index is 12.1. The number of halogens is 1. The summed E-state index contributed by atoms with van der Waals surface area (Å²) >= 11 is 3.12. The number of nitrogens with one attached hydrogen (secondary N) is 1. The second-order valence-electron chi connectivity index (χ2n) is 3.66. The zero-order valence-electron chi connectivity index (χ0n) is 9.82. The number of carbonyl (C=O) groups is 1. The molecule has 0 aliphatic carbocycles. The lowest BCUT2D eigenvalue weighted by Crippen LogP contribution is -2.15. The molecule has 2 aromatic rings. The first-order chi connectivity index (χ1) is 9.38. The average molecular weight is 358 g/mol. The second kappa shape index (κ2) is 5.55. The first-order valence-electron chi connectivity index (χ1n) is 5.22. The van der Waals surface area contributed by atoms with Crippen molar-refractivity contribution in [1.29, 1.82) is 0 Å². The van der Waals surface area contributed by atoms with Gasteiger partial charge in [0.1, 0.15) is 10.7 Å². The molecule has 2 N–H and O–H groups in total. The highest BCUT2D eigenvalue weighted by Crippen LogP contribution is 2.17. The van der Waals surface area contributed by atoms with Gasteiger partial charge in [-0.05, 0) is 34.1 Å². The number of carboxylic acid groups (broad SMARTS) is 1. The van der Waals surface area contributed by atoms with Crippen molar-refractivity contribution < 1.29 is 18.3 Å². The van der Waals surface area contributed by atoms with Crippen LogP contribution in [-0.4, -0.2) is 29.5 Å². The molecule has 104 valence electrons. The monoisotopic (exact) mass is 357 g/mol. The smallest absolute Gasteiger partial charge is 0.354 e. The van der Waals surface area contributed by atoms with Gasteiger partial charge in [0.15, 0.2) is 5.69 Å². The highest BCUT2D eigenvalue weighted by Gasteiger charge is 2.16.